The van der Waals surface area contributed by atoms with Crippen molar-refractivity contribution in [3.05, 3.63) is 51.2 Å². The fraction of sp³-hybridized carbons (Fsp3) is 0.222. The van der Waals surface area contributed by atoms with Gasteiger partial charge in [0.05, 0.1) is 20.3 Å². The Kier molecular flexibility index (Phi) is 4.97. The number of carbonyl (C=O) groups excluding carboxylic acids is 2. The van der Waals surface area contributed by atoms with Crippen molar-refractivity contribution >= 4 is 29.1 Å². The van der Waals surface area contributed by atoms with E-state index in [-0.39, 0.29) is 28.2 Å². The number of Topliss-reactive ketones (excluding diaryl/α,β-unsaturated/α-hetero) is 1. The van der Waals surface area contributed by atoms with Crippen LogP contribution in [-0.4, -0.2) is 32.1 Å². The molecule has 1 aromatic heterocycles. The monoisotopic (exact) mass is 397 g/mol. The van der Waals surface area contributed by atoms with E-state index in [2.05, 4.69) is 0 Å². The lowest BCUT2D eigenvalue weighted by Crippen LogP contribution is -2.39. The van der Waals surface area contributed by atoms with Crippen LogP contribution in [0.1, 0.15) is 26.8 Å². The quantitative estimate of drug-likeness (QED) is 0.798. The highest BCUT2D eigenvalue weighted by atomic mass is 32.1. The van der Waals surface area contributed by atoms with Gasteiger partial charge in [0, 0.05) is 16.0 Å². The van der Waals surface area contributed by atoms with Crippen molar-refractivity contribution in [1.82, 2.24) is 5.32 Å². The van der Waals surface area contributed by atoms with Gasteiger partial charge >= 0.3 is 12.1 Å². The summed E-state index contributed by atoms with van der Waals surface area (Å²) in [5.41, 5.74) is 0.418. The molecule has 2 aromatic rings. The van der Waals surface area contributed by atoms with Crippen molar-refractivity contribution in [3.63, 3.8) is 0 Å². The Balaban J connectivity index is 2.13. The third kappa shape index (κ3) is 3.55. The van der Waals surface area contributed by atoms with Gasteiger partial charge < -0.3 is 14.8 Å². The summed E-state index contributed by atoms with van der Waals surface area (Å²) in [7, 11) is 2.75. The summed E-state index contributed by atoms with van der Waals surface area (Å²) < 4.78 is 48.7. The Bertz CT molecular complexity index is 919. The molecule has 3 rings (SSSR count). The molecule has 27 heavy (non-hydrogen) atoms. The maximum absolute atomic E-state index is 12.8. The van der Waals surface area contributed by atoms with E-state index in [9.17, 15) is 22.8 Å². The zero-order chi connectivity index (χ0) is 19.8. The van der Waals surface area contributed by atoms with E-state index in [1.807, 2.05) is 5.32 Å². The van der Waals surface area contributed by atoms with Gasteiger partial charge in [0.2, 0.25) is 0 Å². The molecule has 1 amide bonds. The standard InChI is InChI=1S/C18H14F3NO4S/c1-25-13-7-10-11(8-14(13)26-2)16(23)12(6-9-4-3-5-27-9)15(10)22-17(24)18(19,20)21/h3-8,15H,1-2H3,(H,22,24)/b12-6-. The Morgan fingerprint density at radius 3 is 2.44 bits per heavy atom. The van der Waals surface area contributed by atoms with Gasteiger partial charge in [-0.1, -0.05) is 6.07 Å². The molecule has 0 spiro atoms. The molecular weight excluding hydrogens is 383 g/mol. The molecule has 1 aliphatic rings. The number of ketones is 1. The third-order valence-corrected chi connectivity index (χ3v) is 4.88. The molecule has 1 aromatic carbocycles. The van der Waals surface area contributed by atoms with Crippen LogP contribution in [0.25, 0.3) is 6.08 Å². The molecule has 9 heteroatoms. The minimum Gasteiger partial charge on any atom is -0.493 e. The topological polar surface area (TPSA) is 64.6 Å². The number of alkyl halides is 3. The molecule has 1 aliphatic carbocycles. The molecule has 142 valence electrons. The van der Waals surface area contributed by atoms with Crippen LogP contribution < -0.4 is 14.8 Å². The molecule has 1 atom stereocenters. The van der Waals surface area contributed by atoms with E-state index < -0.39 is 23.9 Å². The van der Waals surface area contributed by atoms with Crippen molar-refractivity contribution in [2.75, 3.05) is 14.2 Å². The minimum absolute atomic E-state index is 0.0420. The number of rotatable bonds is 4. The second kappa shape index (κ2) is 7.07. The second-order valence-electron chi connectivity index (χ2n) is 5.64. The first kappa shape index (κ1) is 19.0. The maximum atomic E-state index is 12.8. The van der Waals surface area contributed by atoms with Gasteiger partial charge in [-0.25, -0.2) is 0 Å². The highest BCUT2D eigenvalue weighted by Crippen LogP contribution is 2.43. The van der Waals surface area contributed by atoms with E-state index >= 15 is 0 Å². The molecule has 5 nitrogen and oxygen atoms in total. The first-order chi connectivity index (χ1) is 12.8. The van der Waals surface area contributed by atoms with Gasteiger partial charge in [-0.3, -0.25) is 9.59 Å². The smallest absolute Gasteiger partial charge is 0.471 e. The van der Waals surface area contributed by atoms with Crippen molar-refractivity contribution in [1.29, 1.82) is 0 Å². The lowest BCUT2D eigenvalue weighted by molar-refractivity contribution is -0.174. The van der Waals surface area contributed by atoms with Gasteiger partial charge in [0.15, 0.2) is 17.3 Å². The summed E-state index contributed by atoms with van der Waals surface area (Å²) in [6.45, 7) is 0. The van der Waals surface area contributed by atoms with Gasteiger partial charge in [0.1, 0.15) is 0 Å². The highest BCUT2D eigenvalue weighted by Gasteiger charge is 2.44. The normalized spacial score (nSPS) is 17.7. The summed E-state index contributed by atoms with van der Waals surface area (Å²) in [6, 6.07) is 5.03. The van der Waals surface area contributed by atoms with E-state index in [0.29, 0.717) is 4.88 Å². The van der Waals surface area contributed by atoms with Crippen LogP contribution in [0.2, 0.25) is 0 Å². The van der Waals surface area contributed by atoms with Gasteiger partial charge in [-0.15, -0.1) is 11.3 Å². The molecule has 1 heterocycles. The Hall–Kier alpha value is -2.81. The number of benzene rings is 1. The van der Waals surface area contributed by atoms with Crippen LogP contribution in [0.15, 0.2) is 35.2 Å². The summed E-state index contributed by atoms with van der Waals surface area (Å²) in [4.78, 5) is 25.1. The SMILES string of the molecule is COc1cc2c(cc1OC)C(NC(=O)C(F)(F)F)/C(=C/c1cccs1)C2=O. The molecule has 0 radical (unpaired) electrons. The average molecular weight is 397 g/mol. The van der Waals surface area contributed by atoms with Crippen LogP contribution in [0.3, 0.4) is 0 Å². The fourth-order valence-electron chi connectivity index (χ4n) is 2.83. The number of carbonyl (C=O) groups is 2. The average Bonchev–Trinajstić information content (AvgIpc) is 3.22. The van der Waals surface area contributed by atoms with Gasteiger partial charge in [0.25, 0.3) is 0 Å². The molecule has 1 unspecified atom stereocenters. The number of nitrogens with one attached hydrogen (secondary N) is 1. The number of fused-ring (bicyclic) bond motifs is 1. The first-order valence-corrected chi connectivity index (χ1v) is 8.57. The van der Waals surface area contributed by atoms with Crippen molar-refractivity contribution in [2.24, 2.45) is 0 Å². The highest BCUT2D eigenvalue weighted by molar-refractivity contribution is 7.10. The van der Waals surface area contributed by atoms with E-state index in [4.69, 9.17) is 9.47 Å². The number of methoxy groups -OCH3 is 2. The summed E-state index contributed by atoms with van der Waals surface area (Å²) >= 11 is 1.32. The molecular formula is C18H14F3NO4S. The lowest BCUT2D eigenvalue weighted by Gasteiger charge is -2.17. The minimum atomic E-state index is -5.07. The zero-order valence-corrected chi connectivity index (χ0v) is 15.0. The van der Waals surface area contributed by atoms with E-state index in [0.717, 1.165) is 0 Å². The Morgan fingerprint density at radius 2 is 1.89 bits per heavy atom. The van der Waals surface area contributed by atoms with E-state index in [1.54, 1.807) is 17.5 Å². The molecule has 0 aliphatic heterocycles. The number of thiophene rings is 1. The Labute approximate surface area is 156 Å². The van der Waals surface area contributed by atoms with Crippen LogP contribution in [0, 0.1) is 0 Å². The van der Waals surface area contributed by atoms with Crippen molar-refractivity contribution in [3.8, 4) is 11.5 Å². The third-order valence-electron chi connectivity index (χ3n) is 4.06. The number of halogens is 3. The van der Waals surface area contributed by atoms with Crippen LogP contribution >= 0.6 is 11.3 Å². The molecule has 0 saturated heterocycles. The summed E-state index contributed by atoms with van der Waals surface area (Å²) in [5.74, 6) is -2.10. The summed E-state index contributed by atoms with van der Waals surface area (Å²) in [5, 5.41) is 3.68. The predicted octanol–water partition coefficient (Wildman–Crippen LogP) is 3.76. The maximum Gasteiger partial charge on any atom is 0.471 e. The van der Waals surface area contributed by atoms with Gasteiger partial charge in [-0.05, 0) is 35.2 Å². The van der Waals surface area contributed by atoms with Crippen LogP contribution in [0.4, 0.5) is 13.2 Å². The summed E-state index contributed by atoms with van der Waals surface area (Å²) in [6.07, 6.45) is -3.59. The van der Waals surface area contributed by atoms with Crippen molar-refractivity contribution < 1.29 is 32.2 Å². The van der Waals surface area contributed by atoms with Crippen molar-refractivity contribution in [2.45, 2.75) is 12.2 Å². The lowest BCUT2D eigenvalue weighted by atomic mass is 10.0. The fourth-order valence-corrected chi connectivity index (χ4v) is 3.49. The predicted molar refractivity (Wildman–Crippen MR) is 93.1 cm³/mol. The number of hydrogen-bond acceptors (Lipinski definition) is 5. The second-order valence-corrected chi connectivity index (χ2v) is 6.62. The van der Waals surface area contributed by atoms with E-state index in [1.165, 1.54) is 43.8 Å². The molecule has 0 fully saturated rings. The molecule has 0 saturated carbocycles. The number of amides is 1. The Morgan fingerprint density at radius 1 is 1.22 bits per heavy atom. The van der Waals surface area contributed by atoms with Crippen LogP contribution in [0.5, 0.6) is 11.5 Å². The van der Waals surface area contributed by atoms with Gasteiger partial charge in [-0.2, -0.15) is 13.2 Å². The zero-order valence-electron chi connectivity index (χ0n) is 14.2. The molecule has 0 bridgehead atoms. The number of ether oxygens (including phenoxy) is 2. The number of hydrogen-bond donors (Lipinski definition) is 1. The molecule has 1 N–H and O–H groups in total. The first-order valence-electron chi connectivity index (χ1n) is 7.69. The van der Waals surface area contributed by atoms with Crippen LogP contribution in [-0.2, 0) is 4.79 Å². The largest absolute Gasteiger partial charge is 0.493 e.